The summed E-state index contributed by atoms with van der Waals surface area (Å²) < 4.78 is 2.05. The molecule has 0 fully saturated rings. The number of benzene rings is 3. The van der Waals surface area contributed by atoms with E-state index in [1.165, 1.54) is 29.2 Å². The fourth-order valence-electron chi connectivity index (χ4n) is 4.88. The molecule has 0 spiro atoms. The summed E-state index contributed by atoms with van der Waals surface area (Å²) in [5.74, 6) is -0.743. The first-order valence-corrected chi connectivity index (χ1v) is 12.5. The van der Waals surface area contributed by atoms with Crippen LogP contribution in [0.5, 0.6) is 0 Å². The lowest BCUT2D eigenvalue weighted by Crippen LogP contribution is -2.48. The van der Waals surface area contributed by atoms with Gasteiger partial charge in [0.15, 0.2) is 0 Å². The molecule has 0 radical (unpaired) electrons. The van der Waals surface area contributed by atoms with E-state index in [1.807, 2.05) is 74.6 Å². The van der Waals surface area contributed by atoms with E-state index < -0.39 is 16.9 Å². The highest BCUT2D eigenvalue weighted by molar-refractivity contribution is 6.30. The van der Waals surface area contributed by atoms with E-state index in [-0.39, 0.29) is 29.7 Å². The summed E-state index contributed by atoms with van der Waals surface area (Å²) in [5.41, 5.74) is 3.25. The Morgan fingerprint density at radius 2 is 1.71 bits per heavy atom. The van der Waals surface area contributed by atoms with Crippen molar-refractivity contribution in [2.24, 2.45) is 0 Å². The lowest BCUT2D eigenvalue weighted by molar-refractivity contribution is -0.384. The molecule has 0 aliphatic carbocycles. The molecule has 8 nitrogen and oxygen atoms in total. The normalized spacial score (nSPS) is 14.1. The topological polar surface area (TPSA) is 88.7 Å². The molecule has 1 unspecified atom stereocenters. The van der Waals surface area contributed by atoms with Gasteiger partial charge < -0.3 is 9.47 Å². The molecule has 3 aromatic carbocycles. The standard InChI is InChI=1S/C29H25ClN4O4/c1-19(2)32(29(36)21-9-6-11-23(17-21)34(37)38)18-27(35)33-25-13-4-3-12-24(25)31-15-7-14-26(31)28(33)20-8-5-10-22(30)16-20/h3-17,19,28H,18H2,1-2H3. The van der Waals surface area contributed by atoms with Gasteiger partial charge in [-0.25, -0.2) is 0 Å². The number of nitro benzene ring substituents is 1. The largest absolute Gasteiger partial charge is 0.327 e. The molecule has 5 rings (SSSR count). The zero-order valence-corrected chi connectivity index (χ0v) is 21.6. The maximum Gasteiger partial charge on any atom is 0.270 e. The van der Waals surface area contributed by atoms with Crippen LogP contribution < -0.4 is 4.90 Å². The fraction of sp³-hybridized carbons (Fsp3) is 0.172. The Balaban J connectivity index is 1.56. The van der Waals surface area contributed by atoms with E-state index in [1.54, 1.807) is 11.0 Å². The number of non-ortho nitro benzene ring substituents is 1. The summed E-state index contributed by atoms with van der Waals surface area (Å²) in [6, 6.07) is 23.7. The number of amides is 2. The maximum atomic E-state index is 14.2. The van der Waals surface area contributed by atoms with Crippen LogP contribution in [0.2, 0.25) is 5.02 Å². The zero-order valence-electron chi connectivity index (χ0n) is 20.8. The van der Waals surface area contributed by atoms with Crippen LogP contribution in [0, 0.1) is 10.1 Å². The van der Waals surface area contributed by atoms with Gasteiger partial charge in [0.25, 0.3) is 11.6 Å². The van der Waals surface area contributed by atoms with E-state index in [9.17, 15) is 19.7 Å². The minimum Gasteiger partial charge on any atom is -0.327 e. The molecule has 4 aromatic rings. The van der Waals surface area contributed by atoms with E-state index in [0.29, 0.717) is 10.7 Å². The Kier molecular flexibility index (Phi) is 6.73. The lowest BCUT2D eigenvalue weighted by Gasteiger charge is -2.40. The molecule has 1 atom stereocenters. The number of carbonyl (C=O) groups excluding carboxylic acids is 2. The van der Waals surface area contributed by atoms with Crippen LogP contribution in [-0.4, -0.2) is 38.8 Å². The number of nitrogens with zero attached hydrogens (tertiary/aromatic N) is 4. The molecule has 1 aliphatic heterocycles. The smallest absolute Gasteiger partial charge is 0.270 e. The molecule has 1 aromatic heterocycles. The lowest BCUT2D eigenvalue weighted by atomic mass is 9.97. The molecule has 192 valence electrons. The SMILES string of the molecule is CC(C)N(CC(=O)N1c2ccccc2-n2cccc2C1c1cccc(Cl)c1)C(=O)c1cccc([N+](=O)[O-])c1. The fourth-order valence-corrected chi connectivity index (χ4v) is 5.08. The third kappa shape index (κ3) is 4.54. The second kappa shape index (κ2) is 10.1. The molecule has 1 aliphatic rings. The van der Waals surface area contributed by atoms with Gasteiger partial charge in [-0.15, -0.1) is 0 Å². The van der Waals surface area contributed by atoms with Gasteiger partial charge in [0, 0.05) is 35.0 Å². The number of hydrogen-bond donors (Lipinski definition) is 0. The minimum absolute atomic E-state index is 0.153. The van der Waals surface area contributed by atoms with Crippen LogP contribution in [0.25, 0.3) is 5.69 Å². The van der Waals surface area contributed by atoms with Gasteiger partial charge in [-0.3, -0.25) is 24.6 Å². The molecule has 0 bridgehead atoms. The first kappa shape index (κ1) is 25.2. The van der Waals surface area contributed by atoms with Crippen molar-refractivity contribution in [1.82, 2.24) is 9.47 Å². The van der Waals surface area contributed by atoms with Crippen LogP contribution in [0.1, 0.15) is 41.5 Å². The highest BCUT2D eigenvalue weighted by atomic mass is 35.5. The van der Waals surface area contributed by atoms with Gasteiger partial charge in [0.1, 0.15) is 12.6 Å². The van der Waals surface area contributed by atoms with Crippen molar-refractivity contribution < 1.29 is 14.5 Å². The summed E-state index contributed by atoms with van der Waals surface area (Å²) in [6.45, 7) is 3.41. The predicted molar refractivity (Wildman–Crippen MR) is 146 cm³/mol. The van der Waals surface area contributed by atoms with Crippen molar-refractivity contribution in [3.05, 3.63) is 123 Å². The number of carbonyl (C=O) groups is 2. The van der Waals surface area contributed by atoms with Gasteiger partial charge >= 0.3 is 0 Å². The first-order chi connectivity index (χ1) is 18.3. The molecule has 2 amide bonds. The third-order valence-corrected chi connectivity index (χ3v) is 6.88. The van der Waals surface area contributed by atoms with Crippen molar-refractivity contribution in [2.45, 2.75) is 25.9 Å². The summed E-state index contributed by atoms with van der Waals surface area (Å²) in [5, 5.41) is 11.8. The molecule has 0 saturated carbocycles. The van der Waals surface area contributed by atoms with Gasteiger partial charge in [0.05, 0.1) is 22.0 Å². The van der Waals surface area contributed by atoms with Crippen molar-refractivity contribution in [1.29, 1.82) is 0 Å². The van der Waals surface area contributed by atoms with Gasteiger partial charge in [-0.1, -0.05) is 41.9 Å². The average Bonchev–Trinajstić information content (AvgIpc) is 3.40. The number of aromatic nitrogens is 1. The monoisotopic (exact) mass is 528 g/mol. The summed E-state index contributed by atoms with van der Waals surface area (Å²) in [6.07, 6.45) is 1.96. The highest BCUT2D eigenvalue weighted by Gasteiger charge is 2.37. The number of halogens is 1. The number of fused-ring (bicyclic) bond motifs is 3. The van der Waals surface area contributed by atoms with Crippen LogP contribution in [0.3, 0.4) is 0 Å². The van der Waals surface area contributed by atoms with Gasteiger partial charge in [-0.05, 0) is 61.9 Å². The Labute approximate surface area is 224 Å². The molecule has 0 saturated heterocycles. The minimum atomic E-state index is -0.545. The molecule has 38 heavy (non-hydrogen) atoms. The Morgan fingerprint density at radius 1 is 0.974 bits per heavy atom. The van der Waals surface area contributed by atoms with Crippen LogP contribution >= 0.6 is 11.6 Å². The van der Waals surface area contributed by atoms with E-state index in [2.05, 4.69) is 4.57 Å². The van der Waals surface area contributed by atoms with E-state index in [0.717, 1.165) is 16.9 Å². The summed E-state index contributed by atoms with van der Waals surface area (Å²) >= 11 is 6.35. The van der Waals surface area contributed by atoms with Crippen LogP contribution in [0.4, 0.5) is 11.4 Å². The van der Waals surface area contributed by atoms with Gasteiger partial charge in [-0.2, -0.15) is 0 Å². The third-order valence-electron chi connectivity index (χ3n) is 6.65. The second-order valence-electron chi connectivity index (χ2n) is 9.35. The average molecular weight is 529 g/mol. The van der Waals surface area contributed by atoms with Crippen molar-refractivity contribution in [2.75, 3.05) is 11.4 Å². The molecule has 0 N–H and O–H groups in total. The van der Waals surface area contributed by atoms with Crippen LogP contribution in [-0.2, 0) is 4.79 Å². The zero-order chi connectivity index (χ0) is 27.0. The second-order valence-corrected chi connectivity index (χ2v) is 9.78. The van der Waals surface area contributed by atoms with E-state index >= 15 is 0 Å². The Morgan fingerprint density at radius 3 is 2.42 bits per heavy atom. The number of anilines is 1. The van der Waals surface area contributed by atoms with Gasteiger partial charge in [0.2, 0.25) is 5.91 Å². The van der Waals surface area contributed by atoms with E-state index in [4.69, 9.17) is 11.6 Å². The van der Waals surface area contributed by atoms with Crippen LogP contribution in [0.15, 0.2) is 91.1 Å². The molecular formula is C29H25ClN4O4. The predicted octanol–water partition coefficient (Wildman–Crippen LogP) is 6.03. The quantitative estimate of drug-likeness (QED) is 0.226. The number of nitro groups is 1. The number of hydrogen-bond acceptors (Lipinski definition) is 4. The van der Waals surface area contributed by atoms with Crippen molar-refractivity contribution in [3.8, 4) is 5.69 Å². The number of para-hydroxylation sites is 2. The first-order valence-electron chi connectivity index (χ1n) is 12.2. The van der Waals surface area contributed by atoms with Crippen molar-refractivity contribution in [3.63, 3.8) is 0 Å². The van der Waals surface area contributed by atoms with Crippen molar-refractivity contribution >= 4 is 34.8 Å². The summed E-state index contributed by atoms with van der Waals surface area (Å²) in [4.78, 5) is 41.5. The number of rotatable bonds is 6. The summed E-state index contributed by atoms with van der Waals surface area (Å²) in [7, 11) is 0. The Bertz CT molecular complexity index is 1550. The molecular weight excluding hydrogens is 504 g/mol. The highest BCUT2D eigenvalue weighted by Crippen LogP contribution is 2.42. The molecule has 9 heteroatoms. The Hall–Kier alpha value is -4.43. The molecule has 2 heterocycles. The maximum absolute atomic E-state index is 14.2.